The quantitative estimate of drug-likeness (QED) is 0.488. The van der Waals surface area contributed by atoms with Crippen LogP contribution in [0.25, 0.3) is 0 Å². The van der Waals surface area contributed by atoms with E-state index in [9.17, 15) is 14.4 Å². The van der Waals surface area contributed by atoms with E-state index in [1.165, 1.54) is 0 Å². The lowest BCUT2D eigenvalue weighted by Crippen LogP contribution is -2.25. The maximum atomic E-state index is 12.6. The molecule has 0 bridgehead atoms. The topological polar surface area (TPSA) is 93.7 Å². The van der Waals surface area contributed by atoms with Gasteiger partial charge in [-0.15, -0.1) is 0 Å². The minimum absolute atomic E-state index is 0.174. The van der Waals surface area contributed by atoms with Crippen LogP contribution < -0.4 is 15.4 Å². The first-order valence-electron chi connectivity index (χ1n) is 10.7. The van der Waals surface area contributed by atoms with Crippen LogP contribution in [-0.4, -0.2) is 30.4 Å². The minimum atomic E-state index is -0.661. The lowest BCUT2D eigenvalue weighted by molar-refractivity contribution is -0.119. The number of amides is 2. The summed E-state index contributed by atoms with van der Waals surface area (Å²) >= 11 is 0. The molecule has 1 fully saturated rings. The smallest absolute Gasteiger partial charge is 0.342 e. The predicted octanol–water partition coefficient (Wildman–Crippen LogP) is 3.95. The Morgan fingerprint density at radius 1 is 0.879 bits per heavy atom. The second kappa shape index (κ2) is 10.5. The Morgan fingerprint density at radius 3 is 2.42 bits per heavy atom. The Hall–Kier alpha value is -4.13. The van der Waals surface area contributed by atoms with Crippen molar-refractivity contribution in [2.75, 3.05) is 11.9 Å². The maximum absolute atomic E-state index is 12.6. The molecule has 1 aliphatic rings. The fraction of sp³-hybridized carbons (Fsp3) is 0.192. The zero-order chi connectivity index (χ0) is 23.0. The van der Waals surface area contributed by atoms with E-state index >= 15 is 0 Å². The van der Waals surface area contributed by atoms with Crippen LogP contribution in [0.1, 0.15) is 39.1 Å². The van der Waals surface area contributed by atoms with E-state index in [4.69, 9.17) is 9.47 Å². The molecule has 7 heteroatoms. The van der Waals surface area contributed by atoms with Crippen LogP contribution in [0.2, 0.25) is 0 Å². The molecule has 2 N–H and O–H groups in total. The number of rotatable bonds is 9. The van der Waals surface area contributed by atoms with Crippen LogP contribution in [0.4, 0.5) is 5.69 Å². The number of carbonyl (C=O) groups excluding carboxylic acids is 3. The van der Waals surface area contributed by atoms with E-state index in [1.54, 1.807) is 48.5 Å². The van der Waals surface area contributed by atoms with E-state index in [2.05, 4.69) is 10.6 Å². The fourth-order valence-electron chi connectivity index (χ4n) is 3.14. The van der Waals surface area contributed by atoms with Crippen molar-refractivity contribution < 1.29 is 23.9 Å². The highest BCUT2D eigenvalue weighted by Gasteiger charge is 2.24. The molecular weight excluding hydrogens is 420 g/mol. The number of hydrogen-bond donors (Lipinski definition) is 2. The van der Waals surface area contributed by atoms with Crippen molar-refractivity contribution in [2.24, 2.45) is 0 Å². The first kappa shape index (κ1) is 22.1. The maximum Gasteiger partial charge on any atom is 0.342 e. The second-order valence-corrected chi connectivity index (χ2v) is 7.72. The van der Waals surface area contributed by atoms with E-state index in [1.807, 2.05) is 30.3 Å². The zero-order valence-corrected chi connectivity index (χ0v) is 18.0. The molecule has 0 unspecified atom stereocenters. The van der Waals surface area contributed by atoms with E-state index < -0.39 is 18.5 Å². The molecule has 0 aliphatic heterocycles. The molecule has 168 valence electrons. The fourth-order valence-corrected chi connectivity index (χ4v) is 3.14. The van der Waals surface area contributed by atoms with Crippen molar-refractivity contribution in [3.05, 3.63) is 95.6 Å². The van der Waals surface area contributed by atoms with Crippen LogP contribution in [0.15, 0.2) is 78.9 Å². The van der Waals surface area contributed by atoms with Gasteiger partial charge in [0.1, 0.15) is 17.9 Å². The zero-order valence-electron chi connectivity index (χ0n) is 18.0. The SMILES string of the molecule is O=C(COC(=O)c1ccccc1OCc1ccccc1)Nc1cccc(C(=O)NC2CC2)c1. The molecule has 33 heavy (non-hydrogen) atoms. The number of para-hydroxylation sites is 1. The number of anilines is 1. The predicted molar refractivity (Wildman–Crippen MR) is 123 cm³/mol. The van der Waals surface area contributed by atoms with Crippen molar-refractivity contribution in [1.82, 2.24) is 5.32 Å². The number of benzene rings is 3. The van der Waals surface area contributed by atoms with Gasteiger partial charge >= 0.3 is 5.97 Å². The van der Waals surface area contributed by atoms with Crippen LogP contribution in [0.3, 0.4) is 0 Å². The summed E-state index contributed by atoms with van der Waals surface area (Å²) in [6.45, 7) is -0.166. The molecule has 0 spiro atoms. The van der Waals surface area contributed by atoms with E-state index in [0.717, 1.165) is 18.4 Å². The highest BCUT2D eigenvalue weighted by Crippen LogP contribution is 2.21. The summed E-state index contributed by atoms with van der Waals surface area (Å²) < 4.78 is 11.0. The number of ether oxygens (including phenoxy) is 2. The highest BCUT2D eigenvalue weighted by atomic mass is 16.5. The van der Waals surface area contributed by atoms with Gasteiger partial charge < -0.3 is 20.1 Å². The van der Waals surface area contributed by atoms with Crippen molar-refractivity contribution in [1.29, 1.82) is 0 Å². The lowest BCUT2D eigenvalue weighted by Gasteiger charge is -2.12. The van der Waals surface area contributed by atoms with E-state index in [0.29, 0.717) is 23.6 Å². The van der Waals surface area contributed by atoms with Crippen molar-refractivity contribution in [3.8, 4) is 5.75 Å². The van der Waals surface area contributed by atoms with E-state index in [-0.39, 0.29) is 17.5 Å². The van der Waals surface area contributed by atoms with Crippen molar-refractivity contribution in [2.45, 2.75) is 25.5 Å². The van der Waals surface area contributed by atoms with Gasteiger partial charge in [-0.1, -0.05) is 48.5 Å². The largest absolute Gasteiger partial charge is 0.488 e. The molecule has 1 saturated carbocycles. The number of hydrogen-bond acceptors (Lipinski definition) is 5. The third kappa shape index (κ3) is 6.43. The molecular formula is C26H24N2O5. The van der Waals surface area contributed by atoms with Crippen LogP contribution in [-0.2, 0) is 16.1 Å². The van der Waals surface area contributed by atoms with Crippen molar-refractivity contribution in [3.63, 3.8) is 0 Å². The van der Waals surface area contributed by atoms with Gasteiger partial charge in [-0.3, -0.25) is 9.59 Å². The summed E-state index contributed by atoms with van der Waals surface area (Å²) in [5, 5.41) is 5.55. The van der Waals surface area contributed by atoms with Gasteiger partial charge in [0.15, 0.2) is 6.61 Å². The normalized spacial score (nSPS) is 12.5. The Morgan fingerprint density at radius 2 is 1.64 bits per heavy atom. The summed E-state index contributed by atoms with van der Waals surface area (Å²) in [6, 6.07) is 23.2. The Kier molecular flexibility index (Phi) is 6.99. The average molecular weight is 444 g/mol. The monoisotopic (exact) mass is 444 g/mol. The molecule has 0 aromatic heterocycles. The van der Waals surface area contributed by atoms with Gasteiger partial charge in [0.25, 0.3) is 11.8 Å². The van der Waals surface area contributed by atoms with Gasteiger partial charge in [0, 0.05) is 17.3 Å². The molecule has 1 aliphatic carbocycles. The van der Waals surface area contributed by atoms with Gasteiger partial charge in [0.05, 0.1) is 0 Å². The van der Waals surface area contributed by atoms with Crippen LogP contribution in [0.5, 0.6) is 5.75 Å². The van der Waals surface area contributed by atoms with Crippen LogP contribution in [0, 0.1) is 0 Å². The molecule has 0 heterocycles. The first-order chi connectivity index (χ1) is 16.1. The minimum Gasteiger partial charge on any atom is -0.488 e. The summed E-state index contributed by atoms with van der Waals surface area (Å²) in [7, 11) is 0. The van der Waals surface area contributed by atoms with Crippen LogP contribution >= 0.6 is 0 Å². The van der Waals surface area contributed by atoms with Gasteiger partial charge in [-0.25, -0.2) is 4.79 Å². The first-order valence-corrected chi connectivity index (χ1v) is 10.7. The van der Waals surface area contributed by atoms with Gasteiger partial charge in [0.2, 0.25) is 0 Å². The van der Waals surface area contributed by atoms with Gasteiger partial charge in [-0.05, 0) is 48.7 Å². The summed E-state index contributed by atoms with van der Waals surface area (Å²) in [4.78, 5) is 37.0. The molecule has 0 saturated heterocycles. The molecule has 7 nitrogen and oxygen atoms in total. The van der Waals surface area contributed by atoms with Crippen molar-refractivity contribution >= 4 is 23.5 Å². The highest BCUT2D eigenvalue weighted by molar-refractivity contribution is 5.99. The third-order valence-corrected chi connectivity index (χ3v) is 5.00. The molecule has 0 radical (unpaired) electrons. The number of carbonyl (C=O) groups is 3. The van der Waals surface area contributed by atoms with Gasteiger partial charge in [-0.2, -0.15) is 0 Å². The molecule has 2 amide bonds. The number of esters is 1. The number of nitrogens with one attached hydrogen (secondary N) is 2. The summed E-state index contributed by atoms with van der Waals surface area (Å²) in [6.07, 6.45) is 1.99. The molecule has 0 atom stereocenters. The lowest BCUT2D eigenvalue weighted by atomic mass is 10.2. The molecule has 3 aromatic carbocycles. The molecule has 4 rings (SSSR count). The average Bonchev–Trinajstić information content (AvgIpc) is 3.66. The third-order valence-electron chi connectivity index (χ3n) is 5.00. The Labute approximate surface area is 191 Å². The summed E-state index contributed by atoms with van der Waals surface area (Å²) in [5.41, 5.74) is 2.11. The molecule has 3 aromatic rings. The Balaban J connectivity index is 1.31. The second-order valence-electron chi connectivity index (χ2n) is 7.72. The standard InChI is InChI=1S/C26H24N2O5/c29-24(27-21-10-6-9-19(15-21)25(30)28-20-13-14-20)17-33-26(31)22-11-4-5-12-23(22)32-16-18-7-2-1-3-8-18/h1-12,15,20H,13-14,16-17H2,(H,27,29)(H,28,30). The Bertz CT molecular complexity index is 1140. The summed E-state index contributed by atoms with van der Waals surface area (Å²) in [5.74, 6) is -0.967.